The van der Waals surface area contributed by atoms with Crippen molar-refractivity contribution in [3.8, 4) is 0 Å². The van der Waals surface area contributed by atoms with Crippen LogP contribution in [0, 0.1) is 5.41 Å². The lowest BCUT2D eigenvalue weighted by molar-refractivity contribution is 0.102. The van der Waals surface area contributed by atoms with Crippen LogP contribution >= 0.6 is 37.2 Å². The van der Waals surface area contributed by atoms with Crippen LogP contribution in [0.3, 0.4) is 0 Å². The molecule has 34 heavy (non-hydrogen) atoms. The number of ether oxygens (including phenoxy) is 1. The van der Waals surface area contributed by atoms with E-state index in [-0.39, 0.29) is 42.6 Å². The van der Waals surface area contributed by atoms with Gasteiger partial charge in [-0.25, -0.2) is 0 Å². The molecule has 1 aliphatic carbocycles. The second-order valence-electron chi connectivity index (χ2n) is 9.90. The minimum Gasteiger partial charge on any atom is -0.466 e. The van der Waals surface area contributed by atoms with E-state index in [0.29, 0.717) is 0 Å². The van der Waals surface area contributed by atoms with E-state index in [2.05, 4.69) is 60.9 Å². The lowest BCUT2D eigenvalue weighted by Gasteiger charge is -2.39. The number of fused-ring (bicyclic) bond motifs is 1. The lowest BCUT2D eigenvalue weighted by atomic mass is 9.85. The van der Waals surface area contributed by atoms with Crippen LogP contribution in [0.1, 0.15) is 52.5 Å². The SMILES string of the molecule is CC1=C(C)C2=C(N)C(C)(CN3CCN(CCCCc4ccccc4)CC3)CC2=C(C)O1.Cl.Cl.Cl. The molecule has 0 spiro atoms. The highest BCUT2D eigenvalue weighted by atomic mass is 35.5. The summed E-state index contributed by atoms with van der Waals surface area (Å²) in [6.45, 7) is 15.5. The van der Waals surface area contributed by atoms with Crippen molar-refractivity contribution in [2.75, 3.05) is 39.3 Å². The Kier molecular flexibility index (Phi) is 12.0. The van der Waals surface area contributed by atoms with E-state index in [9.17, 15) is 0 Å². The molecular formula is C27H42Cl3N3O. The molecular weight excluding hydrogens is 489 g/mol. The summed E-state index contributed by atoms with van der Waals surface area (Å²) >= 11 is 0. The van der Waals surface area contributed by atoms with Crippen molar-refractivity contribution < 1.29 is 4.74 Å². The number of aryl methyl sites for hydroxylation is 1. The molecule has 0 bridgehead atoms. The Balaban J connectivity index is 0.00000193. The number of hydrogen-bond acceptors (Lipinski definition) is 4. The first-order valence-corrected chi connectivity index (χ1v) is 11.9. The van der Waals surface area contributed by atoms with Gasteiger partial charge in [-0.15, -0.1) is 37.2 Å². The first-order valence-electron chi connectivity index (χ1n) is 11.9. The van der Waals surface area contributed by atoms with Gasteiger partial charge in [-0.2, -0.15) is 0 Å². The van der Waals surface area contributed by atoms with Gasteiger partial charge in [0.15, 0.2) is 0 Å². The van der Waals surface area contributed by atoms with Gasteiger partial charge >= 0.3 is 0 Å². The molecule has 1 unspecified atom stereocenters. The van der Waals surface area contributed by atoms with Gasteiger partial charge in [-0.05, 0) is 64.1 Å². The number of unbranched alkanes of at least 4 members (excludes halogenated alkanes) is 1. The third-order valence-corrected chi connectivity index (χ3v) is 7.49. The van der Waals surface area contributed by atoms with E-state index in [4.69, 9.17) is 10.5 Å². The predicted molar refractivity (Wildman–Crippen MR) is 150 cm³/mol. The smallest absolute Gasteiger partial charge is 0.104 e. The number of nitrogens with two attached hydrogens (primary N) is 1. The number of nitrogens with zero attached hydrogens (tertiary/aromatic N) is 2. The molecule has 3 aliphatic rings. The minimum absolute atomic E-state index is 0. The summed E-state index contributed by atoms with van der Waals surface area (Å²) in [6, 6.07) is 10.8. The summed E-state index contributed by atoms with van der Waals surface area (Å²) in [7, 11) is 0. The zero-order valence-corrected chi connectivity index (χ0v) is 23.5. The van der Waals surface area contributed by atoms with E-state index in [0.717, 1.165) is 43.3 Å². The maximum atomic E-state index is 6.77. The molecule has 1 fully saturated rings. The van der Waals surface area contributed by atoms with Crippen LogP contribution in [0.25, 0.3) is 0 Å². The number of allylic oxidation sites excluding steroid dienone is 5. The monoisotopic (exact) mass is 529 g/mol. The maximum absolute atomic E-state index is 6.77. The summed E-state index contributed by atoms with van der Waals surface area (Å²) in [5.41, 5.74) is 13.1. The summed E-state index contributed by atoms with van der Waals surface area (Å²) < 4.78 is 5.98. The standard InChI is InChI=1S/C27H39N3O.3ClH/c1-20-21(2)31-22(3)24-18-27(4,26(28)25(20)24)19-30-16-14-29(15-17-30)13-9-8-12-23-10-6-5-7-11-23;;;/h5-7,10-11H,8-9,12-19,28H2,1-4H3;3*1H. The van der Waals surface area contributed by atoms with Crippen LogP contribution in [-0.4, -0.2) is 49.1 Å². The van der Waals surface area contributed by atoms with Crippen molar-refractivity contribution in [1.29, 1.82) is 0 Å². The minimum atomic E-state index is -0.000972. The van der Waals surface area contributed by atoms with Crippen molar-refractivity contribution in [2.24, 2.45) is 11.1 Å². The fourth-order valence-electron chi connectivity index (χ4n) is 5.43. The first-order chi connectivity index (χ1) is 14.9. The Morgan fingerprint density at radius 2 is 1.50 bits per heavy atom. The Bertz CT molecular complexity index is 905. The van der Waals surface area contributed by atoms with E-state index >= 15 is 0 Å². The van der Waals surface area contributed by atoms with E-state index in [1.807, 2.05) is 6.92 Å². The molecule has 7 heteroatoms. The first kappa shape index (κ1) is 30.9. The van der Waals surface area contributed by atoms with Crippen molar-refractivity contribution in [3.05, 3.63) is 69.8 Å². The van der Waals surface area contributed by atoms with Crippen LogP contribution in [0.5, 0.6) is 0 Å². The van der Waals surface area contributed by atoms with E-state index in [1.54, 1.807) is 0 Å². The molecule has 2 aliphatic heterocycles. The van der Waals surface area contributed by atoms with E-state index < -0.39 is 0 Å². The molecule has 4 nitrogen and oxygen atoms in total. The molecule has 2 N–H and O–H groups in total. The molecule has 2 heterocycles. The van der Waals surface area contributed by atoms with Crippen LogP contribution < -0.4 is 5.73 Å². The van der Waals surface area contributed by atoms with Crippen LogP contribution in [-0.2, 0) is 11.2 Å². The van der Waals surface area contributed by atoms with Crippen molar-refractivity contribution >= 4 is 37.2 Å². The van der Waals surface area contributed by atoms with Crippen LogP contribution in [0.15, 0.2) is 64.3 Å². The second kappa shape index (κ2) is 13.2. The molecule has 0 aromatic heterocycles. The Hall–Kier alpha value is -1.17. The van der Waals surface area contributed by atoms with Gasteiger partial charge in [0.1, 0.15) is 11.5 Å². The van der Waals surface area contributed by atoms with Gasteiger partial charge in [0.2, 0.25) is 0 Å². The van der Waals surface area contributed by atoms with Crippen molar-refractivity contribution in [2.45, 2.75) is 53.4 Å². The third kappa shape index (κ3) is 6.73. The van der Waals surface area contributed by atoms with Crippen LogP contribution in [0.4, 0.5) is 0 Å². The molecule has 1 saturated heterocycles. The van der Waals surface area contributed by atoms with Gasteiger partial charge in [0.05, 0.1) is 0 Å². The summed E-state index contributed by atoms with van der Waals surface area (Å²) in [5.74, 6) is 2.02. The molecule has 0 saturated carbocycles. The lowest BCUT2D eigenvalue weighted by Crippen LogP contribution is -2.50. The second-order valence-corrected chi connectivity index (χ2v) is 9.90. The highest BCUT2D eigenvalue weighted by Crippen LogP contribution is 2.50. The number of benzene rings is 1. The van der Waals surface area contributed by atoms with Crippen molar-refractivity contribution in [3.63, 3.8) is 0 Å². The van der Waals surface area contributed by atoms with Crippen LogP contribution in [0.2, 0.25) is 0 Å². The molecule has 1 aromatic rings. The van der Waals surface area contributed by atoms with E-state index in [1.165, 1.54) is 61.2 Å². The Morgan fingerprint density at radius 1 is 0.882 bits per heavy atom. The summed E-state index contributed by atoms with van der Waals surface area (Å²) in [6.07, 6.45) is 4.74. The quantitative estimate of drug-likeness (QED) is 0.432. The fraction of sp³-hybridized carbons (Fsp3) is 0.556. The Labute approximate surface area is 224 Å². The third-order valence-electron chi connectivity index (χ3n) is 7.49. The zero-order chi connectivity index (χ0) is 22.0. The predicted octanol–water partition coefficient (Wildman–Crippen LogP) is 6.11. The van der Waals surface area contributed by atoms with Gasteiger partial charge in [0.25, 0.3) is 0 Å². The molecule has 0 radical (unpaired) electrons. The number of hydrogen-bond donors (Lipinski definition) is 1. The molecule has 192 valence electrons. The highest BCUT2D eigenvalue weighted by molar-refractivity contribution is 5.86. The molecule has 4 rings (SSSR count). The Morgan fingerprint density at radius 3 is 2.15 bits per heavy atom. The average molecular weight is 531 g/mol. The number of halogens is 3. The highest BCUT2D eigenvalue weighted by Gasteiger charge is 2.43. The van der Waals surface area contributed by atoms with Gasteiger partial charge in [-0.1, -0.05) is 37.3 Å². The normalized spacial score (nSPS) is 23.1. The number of piperazine rings is 1. The molecule has 0 amide bonds. The fourth-order valence-corrected chi connectivity index (χ4v) is 5.43. The van der Waals surface area contributed by atoms with Gasteiger partial charge in [0, 0.05) is 55.0 Å². The van der Waals surface area contributed by atoms with Gasteiger partial charge in [-0.3, -0.25) is 4.90 Å². The maximum Gasteiger partial charge on any atom is 0.104 e. The summed E-state index contributed by atoms with van der Waals surface area (Å²) in [4.78, 5) is 5.25. The average Bonchev–Trinajstić information content (AvgIpc) is 3.03. The summed E-state index contributed by atoms with van der Waals surface area (Å²) in [5, 5.41) is 0. The topological polar surface area (TPSA) is 41.7 Å². The van der Waals surface area contributed by atoms with Gasteiger partial charge < -0.3 is 15.4 Å². The molecule has 1 aromatic carbocycles. The largest absolute Gasteiger partial charge is 0.466 e. The van der Waals surface area contributed by atoms with Crippen molar-refractivity contribution in [1.82, 2.24) is 9.80 Å². The zero-order valence-electron chi connectivity index (χ0n) is 21.1. The molecule has 1 atom stereocenters. The number of rotatable bonds is 7.